The molecule has 1 aromatic heterocycles. The van der Waals surface area contributed by atoms with Crippen LogP contribution in [0.3, 0.4) is 0 Å². The van der Waals surface area contributed by atoms with Crippen molar-refractivity contribution in [2.24, 2.45) is 5.73 Å². The fourth-order valence-corrected chi connectivity index (χ4v) is 0.949. The monoisotopic (exact) mass is 276 g/mol. The molecule has 102 valence electrons. The van der Waals surface area contributed by atoms with E-state index in [1.165, 1.54) is 0 Å². The number of rotatable bonds is 3. The van der Waals surface area contributed by atoms with E-state index >= 15 is 0 Å². The predicted octanol–water partition coefficient (Wildman–Crippen LogP) is -0.203. The summed E-state index contributed by atoms with van der Waals surface area (Å²) in [6.07, 6.45) is 2.58. The Morgan fingerprint density at radius 2 is 2.06 bits per heavy atom. The van der Waals surface area contributed by atoms with E-state index in [0.29, 0.717) is 0 Å². The molecule has 18 heavy (non-hydrogen) atoms. The molecule has 1 heterocycles. The molecule has 0 amide bonds. The molecule has 5 N–H and O–H groups in total. The predicted molar refractivity (Wildman–Crippen MR) is 66.7 cm³/mol. The molecule has 1 aromatic rings. The van der Waals surface area contributed by atoms with Crippen LogP contribution in [0, 0.1) is 5.41 Å². The molecule has 0 aromatic carbocycles. The number of guanidine groups is 1. The van der Waals surface area contributed by atoms with Crippen LogP contribution >= 0.6 is 0 Å². The van der Waals surface area contributed by atoms with Gasteiger partial charge in [0.1, 0.15) is 0 Å². The van der Waals surface area contributed by atoms with Gasteiger partial charge in [0.2, 0.25) is 0 Å². The summed E-state index contributed by atoms with van der Waals surface area (Å²) in [5.41, 5.74) is 6.31. The lowest BCUT2D eigenvalue weighted by Gasteiger charge is -2.15. The molecular formula is C9H16N4O4S. The number of hydrogen-bond acceptors (Lipinski definition) is 4. The van der Waals surface area contributed by atoms with Gasteiger partial charge < -0.3 is 10.6 Å². The summed E-state index contributed by atoms with van der Waals surface area (Å²) >= 11 is 0. The maximum atomic E-state index is 8.74. The highest BCUT2D eigenvalue weighted by Gasteiger charge is 1.99. The highest BCUT2D eigenvalue weighted by atomic mass is 32.3. The van der Waals surface area contributed by atoms with Gasteiger partial charge in [0.05, 0.1) is 0 Å². The van der Waals surface area contributed by atoms with Crippen molar-refractivity contribution >= 4 is 16.4 Å². The summed E-state index contributed by atoms with van der Waals surface area (Å²) in [5, 5.41) is 7.15. The second-order valence-electron chi connectivity index (χ2n) is 3.33. The van der Waals surface area contributed by atoms with Crippen molar-refractivity contribution < 1.29 is 17.5 Å². The lowest BCUT2D eigenvalue weighted by molar-refractivity contribution is 0.381. The number of pyridine rings is 1. The Labute approximate surface area is 106 Å². The molecule has 0 aliphatic rings. The van der Waals surface area contributed by atoms with Crippen LogP contribution in [0.25, 0.3) is 0 Å². The fraction of sp³-hybridized carbons (Fsp3) is 0.333. The van der Waals surface area contributed by atoms with Crippen LogP contribution in [0.2, 0.25) is 0 Å². The van der Waals surface area contributed by atoms with Gasteiger partial charge in [0.25, 0.3) is 0 Å². The van der Waals surface area contributed by atoms with E-state index < -0.39 is 10.4 Å². The number of aromatic nitrogens is 1. The zero-order valence-electron chi connectivity index (χ0n) is 9.81. The van der Waals surface area contributed by atoms with Crippen LogP contribution < -0.4 is 5.73 Å². The molecule has 0 atom stereocenters. The van der Waals surface area contributed by atoms with Gasteiger partial charge in [-0.3, -0.25) is 19.5 Å². The first-order valence-electron chi connectivity index (χ1n) is 4.85. The first-order valence-corrected chi connectivity index (χ1v) is 6.25. The molecule has 1 rings (SSSR count). The molecule has 0 saturated carbocycles. The Morgan fingerprint density at radius 3 is 2.44 bits per heavy atom. The fourth-order valence-electron chi connectivity index (χ4n) is 0.949. The average molecular weight is 276 g/mol. The van der Waals surface area contributed by atoms with Crippen LogP contribution in [0.1, 0.15) is 5.69 Å². The molecule has 8 nitrogen and oxygen atoms in total. The molecule has 0 spiro atoms. The quantitative estimate of drug-likeness (QED) is 0.340. The Morgan fingerprint density at radius 1 is 1.50 bits per heavy atom. The molecule has 0 aliphatic heterocycles. The molecule has 9 heteroatoms. The maximum Gasteiger partial charge on any atom is 0.394 e. The summed E-state index contributed by atoms with van der Waals surface area (Å²) in [5.74, 6) is 0.0935. The summed E-state index contributed by atoms with van der Waals surface area (Å²) in [7, 11) is -2.87. The van der Waals surface area contributed by atoms with Crippen molar-refractivity contribution in [3.05, 3.63) is 30.1 Å². The molecular weight excluding hydrogens is 260 g/mol. The van der Waals surface area contributed by atoms with Crippen molar-refractivity contribution in [3.8, 4) is 0 Å². The van der Waals surface area contributed by atoms with Gasteiger partial charge in [-0.15, -0.1) is 0 Å². The minimum Gasteiger partial charge on any atom is -0.370 e. The summed E-state index contributed by atoms with van der Waals surface area (Å²) in [4.78, 5) is 5.86. The zero-order valence-corrected chi connectivity index (χ0v) is 10.6. The summed E-state index contributed by atoms with van der Waals surface area (Å²) in [6.45, 7) is 0.729. The molecule has 0 aliphatic carbocycles. The van der Waals surface area contributed by atoms with E-state index in [-0.39, 0.29) is 5.96 Å². The summed E-state index contributed by atoms with van der Waals surface area (Å²) in [6, 6.07) is 5.81. The lowest BCUT2D eigenvalue weighted by atomic mass is 10.2. The standard InChI is InChI=1S/C9H14N4.H2O4S/c1-13(9(10)11)7-5-8-4-2-3-6-12-8;1-5(2,3)4/h2-4,6H,5,7H2,1H3,(H3,10,11);(H2,1,2,3,4). The van der Waals surface area contributed by atoms with Crippen LogP contribution in [-0.2, 0) is 16.8 Å². The molecule has 0 radical (unpaired) electrons. The van der Waals surface area contributed by atoms with Crippen LogP contribution in [0.5, 0.6) is 0 Å². The lowest BCUT2D eigenvalue weighted by Crippen LogP contribution is -2.34. The topological polar surface area (TPSA) is 141 Å². The minimum absolute atomic E-state index is 0.0935. The third-order valence-corrected chi connectivity index (χ3v) is 1.84. The molecule has 0 saturated heterocycles. The third kappa shape index (κ3) is 10.8. The summed E-state index contributed by atoms with van der Waals surface area (Å²) < 4.78 is 31.6. The number of nitrogens with one attached hydrogen (secondary N) is 1. The minimum atomic E-state index is -4.67. The molecule has 0 unspecified atom stereocenters. The number of nitrogens with zero attached hydrogens (tertiary/aromatic N) is 2. The Bertz CT molecular complexity index is 455. The highest BCUT2D eigenvalue weighted by Crippen LogP contribution is 1.95. The van der Waals surface area contributed by atoms with Crippen molar-refractivity contribution in [3.63, 3.8) is 0 Å². The number of likely N-dealkylation sites (N-methyl/N-ethyl adjacent to an activating group) is 1. The second kappa shape index (κ2) is 7.58. The normalized spacial score (nSPS) is 10.2. The van der Waals surface area contributed by atoms with Crippen LogP contribution in [0.15, 0.2) is 24.4 Å². The van der Waals surface area contributed by atoms with E-state index in [4.69, 9.17) is 28.7 Å². The van der Waals surface area contributed by atoms with Crippen molar-refractivity contribution in [1.82, 2.24) is 9.88 Å². The zero-order chi connectivity index (χ0) is 14.2. The second-order valence-corrected chi connectivity index (χ2v) is 4.22. The van der Waals surface area contributed by atoms with Crippen LogP contribution in [0.4, 0.5) is 0 Å². The van der Waals surface area contributed by atoms with E-state index in [2.05, 4.69) is 4.98 Å². The van der Waals surface area contributed by atoms with E-state index in [0.717, 1.165) is 18.7 Å². The highest BCUT2D eigenvalue weighted by molar-refractivity contribution is 7.79. The van der Waals surface area contributed by atoms with E-state index in [1.54, 1.807) is 18.1 Å². The van der Waals surface area contributed by atoms with Gasteiger partial charge in [0, 0.05) is 31.9 Å². The molecule has 0 fully saturated rings. The Kier molecular flexibility index (Phi) is 6.86. The number of hydrogen-bond donors (Lipinski definition) is 4. The van der Waals surface area contributed by atoms with Gasteiger partial charge in [0.15, 0.2) is 5.96 Å². The Hall–Kier alpha value is -1.71. The molecule has 0 bridgehead atoms. The largest absolute Gasteiger partial charge is 0.394 e. The van der Waals surface area contributed by atoms with Gasteiger partial charge in [-0.1, -0.05) is 6.07 Å². The average Bonchev–Trinajstić information content (AvgIpc) is 2.25. The van der Waals surface area contributed by atoms with Crippen molar-refractivity contribution in [2.75, 3.05) is 13.6 Å². The van der Waals surface area contributed by atoms with Gasteiger partial charge in [-0.2, -0.15) is 8.42 Å². The van der Waals surface area contributed by atoms with Crippen molar-refractivity contribution in [2.45, 2.75) is 6.42 Å². The number of nitrogens with two attached hydrogens (primary N) is 1. The maximum absolute atomic E-state index is 8.74. The first kappa shape index (κ1) is 16.3. The van der Waals surface area contributed by atoms with E-state index in [1.807, 2.05) is 18.2 Å². The van der Waals surface area contributed by atoms with Crippen molar-refractivity contribution in [1.29, 1.82) is 5.41 Å². The van der Waals surface area contributed by atoms with Gasteiger partial charge in [-0.05, 0) is 12.1 Å². The SMILES string of the molecule is CN(CCc1ccccn1)C(=N)N.O=S(=O)(O)O. The first-order chi connectivity index (χ1) is 8.20. The third-order valence-electron chi connectivity index (χ3n) is 1.84. The van der Waals surface area contributed by atoms with Gasteiger partial charge >= 0.3 is 10.4 Å². The Balaban J connectivity index is 0.000000494. The van der Waals surface area contributed by atoms with E-state index in [9.17, 15) is 0 Å². The van der Waals surface area contributed by atoms with Gasteiger partial charge in [-0.25, -0.2) is 0 Å². The smallest absolute Gasteiger partial charge is 0.370 e. The van der Waals surface area contributed by atoms with Crippen LogP contribution in [-0.4, -0.2) is 47.0 Å².